The number of rotatable bonds is 8. The Kier molecular flexibility index (Phi) is 8.18. The molecule has 0 spiro atoms. The first-order valence-corrected chi connectivity index (χ1v) is 12.3. The van der Waals surface area contributed by atoms with Crippen LogP contribution in [0, 0.1) is 11.3 Å². The predicted molar refractivity (Wildman–Crippen MR) is 144 cm³/mol. The number of nitrogens with zero attached hydrogens (tertiary/aromatic N) is 2. The summed E-state index contributed by atoms with van der Waals surface area (Å²) in [5.74, 6) is 0.570. The van der Waals surface area contributed by atoms with Gasteiger partial charge in [0, 0.05) is 6.54 Å². The maximum atomic E-state index is 13.5. The quantitative estimate of drug-likeness (QED) is 0.393. The Bertz CT molecular complexity index is 1620. The Morgan fingerprint density at radius 2 is 1.68 bits per heavy atom. The van der Waals surface area contributed by atoms with Crippen LogP contribution in [0.1, 0.15) is 11.1 Å². The van der Waals surface area contributed by atoms with Crippen LogP contribution in [0.25, 0.3) is 17.3 Å². The molecule has 0 aliphatic heterocycles. The van der Waals surface area contributed by atoms with Crippen LogP contribution in [0.5, 0.6) is 11.5 Å². The number of nitrogens with one attached hydrogen (secondary N) is 1. The molecule has 1 N–H and O–H groups in total. The third kappa shape index (κ3) is 5.80. The van der Waals surface area contributed by atoms with Crippen molar-refractivity contribution in [2.45, 2.75) is 6.42 Å². The van der Waals surface area contributed by atoms with Gasteiger partial charge in [0.1, 0.15) is 10.7 Å². The highest BCUT2D eigenvalue weighted by molar-refractivity contribution is 7.07. The summed E-state index contributed by atoms with van der Waals surface area (Å²) < 4.78 is 12.7. The molecule has 7 nitrogen and oxygen atoms in total. The lowest BCUT2D eigenvalue weighted by Gasteiger charge is -2.07. The van der Waals surface area contributed by atoms with Crippen molar-refractivity contribution in [3.05, 3.63) is 110 Å². The number of thiazole rings is 1. The van der Waals surface area contributed by atoms with Gasteiger partial charge in [-0.3, -0.25) is 14.2 Å². The summed E-state index contributed by atoms with van der Waals surface area (Å²) in [7, 11) is 3.09. The molecule has 1 amide bonds. The van der Waals surface area contributed by atoms with E-state index >= 15 is 0 Å². The minimum absolute atomic E-state index is 0.119. The van der Waals surface area contributed by atoms with Crippen LogP contribution in [0.3, 0.4) is 0 Å². The molecule has 0 fully saturated rings. The summed E-state index contributed by atoms with van der Waals surface area (Å²) in [5.41, 5.74) is 1.91. The van der Waals surface area contributed by atoms with E-state index in [-0.39, 0.29) is 15.8 Å². The van der Waals surface area contributed by atoms with Crippen LogP contribution in [0.4, 0.5) is 0 Å². The maximum Gasteiger partial charge on any atom is 0.273 e. The molecule has 0 radical (unpaired) electrons. The van der Waals surface area contributed by atoms with Crippen molar-refractivity contribution in [2.75, 3.05) is 20.8 Å². The first-order chi connectivity index (χ1) is 18.0. The largest absolute Gasteiger partial charge is 0.493 e. The fourth-order valence-corrected chi connectivity index (χ4v) is 4.91. The molecule has 1 heterocycles. The van der Waals surface area contributed by atoms with Gasteiger partial charge < -0.3 is 14.8 Å². The predicted octanol–water partition coefficient (Wildman–Crippen LogP) is 2.78. The highest BCUT2D eigenvalue weighted by Gasteiger charge is 2.17. The third-order valence-corrected chi connectivity index (χ3v) is 6.73. The minimum Gasteiger partial charge on any atom is -0.493 e. The zero-order valence-corrected chi connectivity index (χ0v) is 21.2. The summed E-state index contributed by atoms with van der Waals surface area (Å²) in [4.78, 5) is 26.6. The van der Waals surface area contributed by atoms with E-state index in [1.54, 1.807) is 55.7 Å². The van der Waals surface area contributed by atoms with Gasteiger partial charge in [-0.25, -0.2) is 0 Å². The first kappa shape index (κ1) is 25.5. The average Bonchev–Trinajstić information content (AvgIpc) is 3.25. The van der Waals surface area contributed by atoms with E-state index in [1.807, 2.05) is 42.5 Å². The molecule has 1 aromatic heterocycles. The number of methoxy groups -OCH3 is 2. The van der Waals surface area contributed by atoms with Gasteiger partial charge in [-0.2, -0.15) is 5.26 Å². The van der Waals surface area contributed by atoms with E-state index in [9.17, 15) is 14.9 Å². The maximum absolute atomic E-state index is 13.5. The summed E-state index contributed by atoms with van der Waals surface area (Å²) in [6.07, 6.45) is 2.33. The lowest BCUT2D eigenvalue weighted by Crippen LogP contribution is -2.34. The standard InChI is InChI=1S/C29H25N3O4S/c1-35-24-14-13-21(17-25(24)36-2)18-26-28(34)32(22-11-7-4-8-12-22)29(37-26)23(19-30)27(33)31-16-15-20-9-5-3-6-10-20/h3-14,17-18H,15-16H2,1-2H3,(H,31,33)/b26-18+,29-23+. The highest BCUT2D eigenvalue weighted by atomic mass is 32.1. The summed E-state index contributed by atoms with van der Waals surface area (Å²) in [5, 5.41) is 12.8. The molecular weight excluding hydrogens is 486 g/mol. The Morgan fingerprint density at radius 1 is 1.00 bits per heavy atom. The van der Waals surface area contributed by atoms with Crippen molar-refractivity contribution in [3.63, 3.8) is 0 Å². The van der Waals surface area contributed by atoms with Gasteiger partial charge >= 0.3 is 0 Å². The molecule has 0 saturated carbocycles. The Hall–Kier alpha value is -4.61. The number of benzene rings is 3. The fraction of sp³-hybridized carbons (Fsp3) is 0.138. The number of carbonyl (C=O) groups is 1. The second-order valence-corrected chi connectivity index (χ2v) is 9.02. The van der Waals surface area contributed by atoms with Crippen molar-refractivity contribution < 1.29 is 14.3 Å². The molecule has 37 heavy (non-hydrogen) atoms. The monoisotopic (exact) mass is 511 g/mol. The molecule has 0 bridgehead atoms. The number of para-hydroxylation sites is 1. The van der Waals surface area contributed by atoms with Gasteiger partial charge in [0.25, 0.3) is 11.5 Å². The minimum atomic E-state index is -0.526. The Labute approximate surface area is 218 Å². The first-order valence-electron chi connectivity index (χ1n) is 11.5. The number of hydrogen-bond acceptors (Lipinski definition) is 6. The van der Waals surface area contributed by atoms with Crippen LogP contribution in [0.2, 0.25) is 0 Å². The number of aromatic nitrogens is 1. The van der Waals surface area contributed by atoms with Crippen LogP contribution in [-0.2, 0) is 11.2 Å². The molecule has 8 heteroatoms. The molecular formula is C29H25N3O4S. The van der Waals surface area contributed by atoms with Crippen LogP contribution >= 0.6 is 11.3 Å². The van der Waals surface area contributed by atoms with Crippen molar-refractivity contribution >= 4 is 28.9 Å². The smallest absolute Gasteiger partial charge is 0.273 e. The van der Waals surface area contributed by atoms with Crippen LogP contribution < -0.4 is 29.5 Å². The lowest BCUT2D eigenvalue weighted by atomic mass is 10.1. The van der Waals surface area contributed by atoms with Crippen molar-refractivity contribution in [1.29, 1.82) is 5.26 Å². The van der Waals surface area contributed by atoms with Crippen LogP contribution in [-0.4, -0.2) is 31.2 Å². The molecule has 0 atom stereocenters. The topological polar surface area (TPSA) is 93.4 Å². The van der Waals surface area contributed by atoms with Crippen molar-refractivity contribution in [2.24, 2.45) is 0 Å². The van der Waals surface area contributed by atoms with Gasteiger partial charge in [-0.05, 0) is 47.9 Å². The number of ether oxygens (including phenoxy) is 2. The SMILES string of the molecule is COc1ccc(/C=c2/s/c(=C(\C#N)C(=O)NCCc3ccccc3)n(-c3ccccc3)c2=O)cc1OC. The van der Waals surface area contributed by atoms with Gasteiger partial charge in [-0.1, -0.05) is 54.6 Å². The van der Waals surface area contributed by atoms with E-state index in [0.29, 0.717) is 40.2 Å². The number of carbonyl (C=O) groups excluding carboxylic acids is 1. The van der Waals surface area contributed by atoms with Gasteiger partial charge in [-0.15, -0.1) is 11.3 Å². The second-order valence-electron chi connectivity index (χ2n) is 7.98. The van der Waals surface area contributed by atoms with E-state index in [1.165, 1.54) is 11.7 Å². The molecule has 186 valence electrons. The molecule has 0 aliphatic carbocycles. The van der Waals surface area contributed by atoms with E-state index in [2.05, 4.69) is 5.32 Å². The average molecular weight is 512 g/mol. The highest BCUT2D eigenvalue weighted by Crippen LogP contribution is 2.27. The third-order valence-electron chi connectivity index (χ3n) is 5.64. The summed E-state index contributed by atoms with van der Waals surface area (Å²) in [6, 6.07) is 26.0. The van der Waals surface area contributed by atoms with Gasteiger partial charge in [0.15, 0.2) is 17.1 Å². The molecule has 0 saturated heterocycles. The Balaban J connectivity index is 1.81. The summed E-state index contributed by atoms with van der Waals surface area (Å²) >= 11 is 1.09. The molecule has 4 aromatic rings. The van der Waals surface area contributed by atoms with E-state index < -0.39 is 5.91 Å². The van der Waals surface area contributed by atoms with Crippen molar-refractivity contribution in [1.82, 2.24) is 9.88 Å². The summed E-state index contributed by atoms with van der Waals surface area (Å²) in [6.45, 7) is 0.361. The van der Waals surface area contributed by atoms with Gasteiger partial charge in [0.05, 0.1) is 24.4 Å². The molecule has 0 unspecified atom stereocenters. The number of hydrogen-bond donors (Lipinski definition) is 1. The lowest BCUT2D eigenvalue weighted by molar-refractivity contribution is -0.115. The fourth-order valence-electron chi connectivity index (χ4n) is 3.80. The number of nitriles is 1. The number of amides is 1. The van der Waals surface area contributed by atoms with E-state index in [0.717, 1.165) is 16.9 Å². The molecule has 0 aliphatic rings. The van der Waals surface area contributed by atoms with Crippen LogP contribution in [0.15, 0.2) is 83.7 Å². The molecule has 3 aromatic carbocycles. The van der Waals surface area contributed by atoms with E-state index in [4.69, 9.17) is 9.47 Å². The molecule has 4 rings (SSSR count). The van der Waals surface area contributed by atoms with Crippen molar-refractivity contribution in [3.8, 4) is 23.3 Å². The zero-order valence-electron chi connectivity index (χ0n) is 20.4. The van der Waals surface area contributed by atoms with Gasteiger partial charge in [0.2, 0.25) is 0 Å². The second kappa shape index (κ2) is 11.9. The zero-order chi connectivity index (χ0) is 26.2. The Morgan fingerprint density at radius 3 is 2.32 bits per heavy atom. The normalized spacial score (nSPS) is 12.0.